The van der Waals surface area contributed by atoms with Gasteiger partial charge in [0.15, 0.2) is 11.6 Å². The smallest absolute Gasteiger partial charge is 0.319 e. The van der Waals surface area contributed by atoms with Crippen molar-refractivity contribution in [2.75, 3.05) is 58.6 Å². The molecule has 4 aliphatic rings. The Hall–Kier alpha value is -4.15. The summed E-state index contributed by atoms with van der Waals surface area (Å²) in [7, 11) is 3.42. The van der Waals surface area contributed by atoms with Gasteiger partial charge in [-0.15, -0.1) is 6.42 Å². The summed E-state index contributed by atoms with van der Waals surface area (Å²) in [6.07, 6.45) is 15.0. The van der Waals surface area contributed by atoms with Gasteiger partial charge in [0.25, 0.3) is 0 Å². The molecule has 2 atom stereocenters. The van der Waals surface area contributed by atoms with Gasteiger partial charge in [-0.25, -0.2) is 8.78 Å². The number of nitrogens with zero attached hydrogens (tertiary/aromatic N) is 5. The van der Waals surface area contributed by atoms with Crippen LogP contribution >= 0.6 is 0 Å². The Balaban J connectivity index is 1.18. The molecule has 0 radical (unpaired) electrons. The Bertz CT molecular complexity index is 2000. The number of ether oxygens (including phenoxy) is 4. The topological polar surface area (TPSA) is 102 Å². The highest BCUT2D eigenvalue weighted by atomic mass is 19.1. The van der Waals surface area contributed by atoms with Gasteiger partial charge >= 0.3 is 6.01 Å². The molecule has 0 amide bonds. The molecule has 268 valence electrons. The average Bonchev–Trinajstić information content (AvgIpc) is 3.37. The van der Waals surface area contributed by atoms with E-state index < -0.39 is 17.4 Å². The van der Waals surface area contributed by atoms with Gasteiger partial charge in [-0.05, 0) is 62.2 Å². The minimum Gasteiger partial charge on any atom is -0.508 e. The van der Waals surface area contributed by atoms with E-state index in [2.05, 4.69) is 20.7 Å². The number of hydrogen-bond acceptors (Lipinski definition) is 10. The van der Waals surface area contributed by atoms with Crippen LogP contribution in [0.1, 0.15) is 56.9 Å². The Labute approximate surface area is 296 Å². The van der Waals surface area contributed by atoms with Crippen LogP contribution in [0.25, 0.3) is 32.9 Å². The van der Waals surface area contributed by atoms with Crippen molar-refractivity contribution in [3.8, 4) is 35.4 Å². The summed E-state index contributed by atoms with van der Waals surface area (Å²) in [6, 6.07) is 6.38. The lowest BCUT2D eigenvalue weighted by atomic mass is 9.72. The van der Waals surface area contributed by atoms with Crippen LogP contribution < -0.4 is 9.64 Å². The van der Waals surface area contributed by atoms with Crippen LogP contribution in [0.5, 0.6) is 11.8 Å². The molecule has 2 aliphatic heterocycles. The SMILES string of the molecule is C#Cc1c(F)ccc2cc(O)cc(-c3ncc4c(N5CCCOCC5)nc(OCC56CCCC5N(C5CC(OC)(OC)C5)CCC6)nc4c3F)c12. The fourth-order valence-electron chi connectivity index (χ4n) is 9.12. The molecule has 8 rings (SSSR count). The standard InChI is InChI=1S/C39H43F2N5O5/c1-4-27-30(40)10-9-24-18-26(47)19-28(32(24)27)34-33(41)35-29(22-42-34)36(45-13-7-16-50-17-15-45)44-37(43-35)51-23-38-11-5-8-31(38)46(14-6-12-38)25-20-39(21-25,48-2)49-3/h1,9-10,18-19,22,25,31,47H,5-8,11-17,20-21,23H2,2-3H3. The van der Waals surface area contributed by atoms with Crippen molar-refractivity contribution in [2.45, 2.75) is 69.2 Å². The quantitative estimate of drug-likeness (QED) is 0.169. The minimum atomic E-state index is -0.739. The first kappa shape index (κ1) is 34.0. The van der Waals surface area contributed by atoms with Gasteiger partial charge in [0.05, 0.1) is 24.2 Å². The fourth-order valence-corrected chi connectivity index (χ4v) is 9.12. The molecule has 0 bridgehead atoms. The van der Waals surface area contributed by atoms with E-state index in [-0.39, 0.29) is 44.9 Å². The molecule has 2 aromatic carbocycles. The molecular weight excluding hydrogens is 656 g/mol. The lowest BCUT2D eigenvalue weighted by Gasteiger charge is -2.56. The summed E-state index contributed by atoms with van der Waals surface area (Å²) in [4.78, 5) is 18.8. The largest absolute Gasteiger partial charge is 0.508 e. The molecule has 0 spiro atoms. The maximum atomic E-state index is 17.0. The number of anilines is 1. The highest BCUT2D eigenvalue weighted by Gasteiger charge is 2.55. The molecule has 4 heterocycles. The summed E-state index contributed by atoms with van der Waals surface area (Å²) >= 11 is 0. The van der Waals surface area contributed by atoms with Gasteiger partial charge < -0.3 is 29.0 Å². The molecule has 2 unspecified atom stereocenters. The number of phenols is 1. The third kappa shape index (κ3) is 5.84. The van der Waals surface area contributed by atoms with Gasteiger partial charge in [0.2, 0.25) is 0 Å². The number of hydrogen-bond donors (Lipinski definition) is 1. The van der Waals surface area contributed by atoms with Crippen LogP contribution in [-0.2, 0) is 14.2 Å². The second-order valence-electron chi connectivity index (χ2n) is 14.4. The molecular formula is C39H43F2N5O5. The number of aromatic nitrogens is 3. The predicted octanol–water partition coefficient (Wildman–Crippen LogP) is 6.20. The van der Waals surface area contributed by atoms with Crippen LogP contribution in [-0.4, -0.2) is 96.5 Å². The van der Waals surface area contributed by atoms with Crippen LogP contribution in [0.15, 0.2) is 30.5 Å². The number of terminal acetylenes is 1. The van der Waals surface area contributed by atoms with Gasteiger partial charge in [-0.2, -0.15) is 9.97 Å². The van der Waals surface area contributed by atoms with E-state index in [0.717, 1.165) is 57.9 Å². The number of likely N-dealkylation sites (tertiary alicyclic amines) is 1. The zero-order valence-corrected chi connectivity index (χ0v) is 29.1. The maximum absolute atomic E-state index is 17.0. The van der Waals surface area contributed by atoms with E-state index in [4.69, 9.17) is 35.3 Å². The predicted molar refractivity (Wildman–Crippen MR) is 189 cm³/mol. The number of benzene rings is 2. The van der Waals surface area contributed by atoms with Crippen molar-refractivity contribution in [3.63, 3.8) is 0 Å². The zero-order chi connectivity index (χ0) is 35.3. The van der Waals surface area contributed by atoms with Gasteiger partial charge in [0.1, 0.15) is 28.6 Å². The molecule has 2 saturated carbocycles. The second kappa shape index (κ2) is 13.4. The Morgan fingerprint density at radius 2 is 1.86 bits per heavy atom. The number of phenolic OH excluding ortho intramolecular Hbond substituents is 1. The van der Waals surface area contributed by atoms with E-state index in [0.29, 0.717) is 61.6 Å². The lowest BCUT2D eigenvalue weighted by Crippen LogP contribution is -2.63. The molecule has 2 saturated heterocycles. The highest BCUT2D eigenvalue weighted by Crippen LogP contribution is 2.52. The number of fused-ring (bicyclic) bond motifs is 3. The first-order chi connectivity index (χ1) is 24.8. The van der Waals surface area contributed by atoms with Crippen molar-refractivity contribution < 1.29 is 32.8 Å². The van der Waals surface area contributed by atoms with E-state index in [1.165, 1.54) is 30.5 Å². The molecule has 2 aromatic heterocycles. The number of piperidine rings is 1. The normalized spacial score (nSPS) is 23.9. The third-order valence-electron chi connectivity index (χ3n) is 11.8. The average molecular weight is 700 g/mol. The summed E-state index contributed by atoms with van der Waals surface area (Å²) in [6.45, 7) is 3.78. The van der Waals surface area contributed by atoms with E-state index >= 15 is 4.39 Å². The lowest BCUT2D eigenvalue weighted by molar-refractivity contribution is -0.277. The fraction of sp³-hybridized carbons (Fsp3) is 0.513. The van der Waals surface area contributed by atoms with E-state index in [1.807, 2.05) is 0 Å². The summed E-state index contributed by atoms with van der Waals surface area (Å²) in [5.41, 5.74) is -0.0365. The van der Waals surface area contributed by atoms with E-state index in [1.54, 1.807) is 14.2 Å². The summed E-state index contributed by atoms with van der Waals surface area (Å²) < 4.78 is 55.6. The summed E-state index contributed by atoms with van der Waals surface area (Å²) in [5, 5.41) is 11.8. The van der Waals surface area contributed by atoms with Crippen molar-refractivity contribution in [1.82, 2.24) is 19.9 Å². The van der Waals surface area contributed by atoms with Crippen molar-refractivity contribution in [1.29, 1.82) is 0 Å². The van der Waals surface area contributed by atoms with Crippen molar-refractivity contribution in [3.05, 3.63) is 47.7 Å². The highest BCUT2D eigenvalue weighted by molar-refractivity contribution is 6.03. The number of aromatic hydroxyl groups is 1. The zero-order valence-electron chi connectivity index (χ0n) is 29.1. The van der Waals surface area contributed by atoms with Gasteiger partial charge in [0, 0.05) is 81.4 Å². The number of methoxy groups -OCH3 is 2. The van der Waals surface area contributed by atoms with Crippen LogP contribution in [0.4, 0.5) is 14.6 Å². The Kier molecular flexibility index (Phi) is 8.95. The summed E-state index contributed by atoms with van der Waals surface area (Å²) in [5.74, 6) is 0.916. The molecule has 2 aliphatic carbocycles. The first-order valence-corrected chi connectivity index (χ1v) is 17.9. The molecule has 4 fully saturated rings. The Morgan fingerprint density at radius 1 is 1.04 bits per heavy atom. The van der Waals surface area contributed by atoms with Gasteiger partial charge in [-0.1, -0.05) is 18.4 Å². The molecule has 1 N–H and O–H groups in total. The maximum Gasteiger partial charge on any atom is 0.319 e. The molecule has 4 aromatic rings. The number of rotatable bonds is 8. The van der Waals surface area contributed by atoms with Gasteiger partial charge in [-0.3, -0.25) is 9.88 Å². The monoisotopic (exact) mass is 699 g/mol. The van der Waals surface area contributed by atoms with Crippen LogP contribution in [0.2, 0.25) is 0 Å². The van der Waals surface area contributed by atoms with Crippen LogP contribution in [0.3, 0.4) is 0 Å². The molecule has 10 nitrogen and oxygen atoms in total. The number of halogens is 2. The number of pyridine rings is 1. The Morgan fingerprint density at radius 3 is 2.67 bits per heavy atom. The van der Waals surface area contributed by atoms with Crippen molar-refractivity contribution in [2.24, 2.45) is 5.41 Å². The minimum absolute atomic E-state index is 0.0241. The molecule has 51 heavy (non-hydrogen) atoms. The van der Waals surface area contributed by atoms with E-state index in [9.17, 15) is 9.50 Å². The van der Waals surface area contributed by atoms with Crippen molar-refractivity contribution >= 4 is 27.5 Å². The van der Waals surface area contributed by atoms with Crippen LogP contribution in [0, 0.1) is 29.4 Å². The second-order valence-corrected chi connectivity index (χ2v) is 14.4. The molecule has 12 heteroatoms. The first-order valence-electron chi connectivity index (χ1n) is 17.9. The third-order valence-corrected chi connectivity index (χ3v) is 11.8.